The van der Waals surface area contributed by atoms with Gasteiger partial charge in [-0.3, -0.25) is 9.59 Å². The quantitative estimate of drug-likeness (QED) is 0.464. The van der Waals surface area contributed by atoms with E-state index in [0.717, 1.165) is 38.4 Å². The van der Waals surface area contributed by atoms with Crippen LogP contribution in [0.1, 0.15) is 41.1 Å². The van der Waals surface area contributed by atoms with E-state index < -0.39 is 30.5 Å². The van der Waals surface area contributed by atoms with Crippen LogP contribution in [0.2, 0.25) is 5.02 Å². The Labute approximate surface area is 202 Å². The lowest BCUT2D eigenvalue weighted by Crippen LogP contribution is -2.35. The van der Waals surface area contributed by atoms with Gasteiger partial charge in [-0.05, 0) is 48.2 Å². The summed E-state index contributed by atoms with van der Waals surface area (Å²) in [6, 6.07) is 20.4. The lowest BCUT2D eigenvalue weighted by molar-refractivity contribution is -0.146. The topological polar surface area (TPSA) is 70.0 Å². The molecule has 1 N–H and O–H groups in total. The van der Waals surface area contributed by atoms with Crippen LogP contribution in [0.5, 0.6) is 0 Å². The van der Waals surface area contributed by atoms with Crippen LogP contribution in [0.15, 0.2) is 71.8 Å². The van der Waals surface area contributed by atoms with E-state index >= 15 is 0 Å². The molecule has 1 heterocycles. The van der Waals surface area contributed by atoms with Crippen molar-refractivity contribution in [3.63, 3.8) is 0 Å². The molecule has 0 spiro atoms. The van der Waals surface area contributed by atoms with Crippen molar-refractivity contribution in [1.29, 1.82) is 0 Å². The molecule has 0 fully saturated rings. The lowest BCUT2D eigenvalue weighted by Gasteiger charge is -2.23. The van der Waals surface area contributed by atoms with Crippen LogP contribution in [-0.4, -0.2) is 33.9 Å². The number of aryl methyl sites for hydroxylation is 2. The maximum atomic E-state index is 14.6. The molecule has 1 aliphatic rings. The highest BCUT2D eigenvalue weighted by atomic mass is 35.5. The second-order valence-electron chi connectivity index (χ2n) is 8.43. The summed E-state index contributed by atoms with van der Waals surface area (Å²) in [4.78, 5) is 23.9. The van der Waals surface area contributed by atoms with Crippen molar-refractivity contribution in [2.75, 3.05) is 0 Å². The molecule has 0 aromatic heterocycles. The number of rotatable bonds is 6. The van der Waals surface area contributed by atoms with Gasteiger partial charge in [0.2, 0.25) is 0 Å². The zero-order chi connectivity index (χ0) is 24.4. The fourth-order valence-corrected chi connectivity index (χ4v) is 4.34. The number of nitrogens with zero attached hydrogens (tertiary/aromatic N) is 2. The monoisotopic (exact) mass is 478 g/mol. The number of benzene rings is 3. The SMILES string of the molecule is Cc1ccc([C@H]2CC(c3cccc(C)c3-c3ccc(Cl)cc3)=NN2C(=O)C(F)CC(=O)O)cc1. The van der Waals surface area contributed by atoms with E-state index in [-0.39, 0.29) is 0 Å². The first kappa shape index (κ1) is 23.6. The van der Waals surface area contributed by atoms with Crippen LogP contribution in [0, 0.1) is 13.8 Å². The number of hydrogen-bond donors (Lipinski definition) is 1. The van der Waals surface area contributed by atoms with Crippen LogP contribution in [0.3, 0.4) is 0 Å². The van der Waals surface area contributed by atoms with Gasteiger partial charge >= 0.3 is 5.97 Å². The van der Waals surface area contributed by atoms with Gasteiger partial charge in [0.25, 0.3) is 5.91 Å². The smallest absolute Gasteiger partial charge is 0.306 e. The molecule has 0 radical (unpaired) electrons. The Kier molecular flexibility index (Phi) is 6.80. The highest BCUT2D eigenvalue weighted by molar-refractivity contribution is 6.30. The Morgan fingerprint density at radius 1 is 1.09 bits per heavy atom. The van der Waals surface area contributed by atoms with Crippen molar-refractivity contribution >= 4 is 29.2 Å². The Balaban J connectivity index is 1.79. The number of halogens is 2. The van der Waals surface area contributed by atoms with E-state index in [1.54, 1.807) is 0 Å². The maximum Gasteiger partial charge on any atom is 0.306 e. The molecular formula is C27H24ClFN2O3. The van der Waals surface area contributed by atoms with E-state index in [1.807, 2.05) is 80.6 Å². The highest BCUT2D eigenvalue weighted by Gasteiger charge is 2.38. The number of carboxylic acids is 1. The van der Waals surface area contributed by atoms with Crippen molar-refractivity contribution in [2.24, 2.45) is 5.10 Å². The molecule has 7 heteroatoms. The zero-order valence-electron chi connectivity index (χ0n) is 18.8. The Hall–Kier alpha value is -3.51. The van der Waals surface area contributed by atoms with Gasteiger partial charge in [-0.25, -0.2) is 9.40 Å². The van der Waals surface area contributed by atoms with Gasteiger partial charge < -0.3 is 5.11 Å². The van der Waals surface area contributed by atoms with Crippen molar-refractivity contribution < 1.29 is 19.1 Å². The lowest BCUT2D eigenvalue weighted by atomic mass is 9.90. The second-order valence-corrected chi connectivity index (χ2v) is 8.87. The van der Waals surface area contributed by atoms with E-state index in [1.165, 1.54) is 0 Å². The molecule has 0 aliphatic carbocycles. The first-order chi connectivity index (χ1) is 16.2. The molecule has 1 unspecified atom stereocenters. The number of carbonyl (C=O) groups excluding carboxylic acids is 1. The van der Waals surface area contributed by atoms with Gasteiger partial charge in [0, 0.05) is 17.0 Å². The van der Waals surface area contributed by atoms with Crippen LogP contribution < -0.4 is 0 Å². The summed E-state index contributed by atoms with van der Waals surface area (Å²) in [6.07, 6.45) is -2.71. The van der Waals surface area contributed by atoms with Gasteiger partial charge in [-0.15, -0.1) is 0 Å². The van der Waals surface area contributed by atoms with E-state index in [9.17, 15) is 14.0 Å². The predicted octanol–water partition coefficient (Wildman–Crippen LogP) is 6.11. The number of hydrazone groups is 1. The zero-order valence-corrected chi connectivity index (χ0v) is 19.6. The summed E-state index contributed by atoms with van der Waals surface area (Å²) in [7, 11) is 0. The van der Waals surface area contributed by atoms with Gasteiger partial charge in [-0.1, -0.05) is 71.8 Å². The number of aliphatic carboxylic acids is 1. The molecule has 3 aromatic carbocycles. The highest BCUT2D eigenvalue weighted by Crippen LogP contribution is 2.37. The average molecular weight is 479 g/mol. The van der Waals surface area contributed by atoms with Crippen molar-refractivity contribution in [3.05, 3.63) is 94.0 Å². The summed E-state index contributed by atoms with van der Waals surface area (Å²) in [5.41, 5.74) is 6.26. The summed E-state index contributed by atoms with van der Waals surface area (Å²) in [6.45, 7) is 3.95. The molecule has 3 aromatic rings. The van der Waals surface area contributed by atoms with Gasteiger partial charge in [0.1, 0.15) is 0 Å². The summed E-state index contributed by atoms with van der Waals surface area (Å²) < 4.78 is 14.6. The molecule has 0 saturated heterocycles. The molecule has 2 atom stereocenters. The minimum Gasteiger partial charge on any atom is -0.481 e. The Bertz CT molecular complexity index is 1260. The molecule has 4 rings (SSSR count). The molecule has 174 valence electrons. The third-order valence-electron chi connectivity index (χ3n) is 5.94. The van der Waals surface area contributed by atoms with Crippen molar-refractivity contribution in [3.8, 4) is 11.1 Å². The normalized spacial score (nSPS) is 16.3. The van der Waals surface area contributed by atoms with Crippen LogP contribution in [0.25, 0.3) is 11.1 Å². The van der Waals surface area contributed by atoms with Gasteiger partial charge in [-0.2, -0.15) is 5.10 Å². The van der Waals surface area contributed by atoms with Crippen LogP contribution >= 0.6 is 11.6 Å². The number of alkyl halides is 1. The van der Waals surface area contributed by atoms with E-state index in [4.69, 9.17) is 16.7 Å². The minimum absolute atomic E-state index is 0.374. The minimum atomic E-state index is -2.18. The van der Waals surface area contributed by atoms with Gasteiger partial charge in [0.15, 0.2) is 6.17 Å². The summed E-state index contributed by atoms with van der Waals surface area (Å²) >= 11 is 6.08. The molecule has 0 bridgehead atoms. The Morgan fingerprint density at radius 3 is 2.41 bits per heavy atom. The first-order valence-corrected chi connectivity index (χ1v) is 11.3. The predicted molar refractivity (Wildman–Crippen MR) is 131 cm³/mol. The molecule has 1 amide bonds. The third-order valence-corrected chi connectivity index (χ3v) is 6.19. The fraction of sp³-hybridized carbons (Fsp3) is 0.222. The Morgan fingerprint density at radius 2 is 1.76 bits per heavy atom. The molecule has 5 nitrogen and oxygen atoms in total. The van der Waals surface area contributed by atoms with Gasteiger partial charge in [0.05, 0.1) is 18.2 Å². The van der Waals surface area contributed by atoms with Crippen molar-refractivity contribution in [1.82, 2.24) is 5.01 Å². The van der Waals surface area contributed by atoms with Crippen molar-refractivity contribution in [2.45, 2.75) is 38.9 Å². The molecule has 1 aliphatic heterocycles. The van der Waals surface area contributed by atoms with E-state index in [0.29, 0.717) is 17.2 Å². The number of amides is 1. The van der Waals surface area contributed by atoms with Crippen LogP contribution in [-0.2, 0) is 9.59 Å². The molecule has 34 heavy (non-hydrogen) atoms. The number of carboxylic acid groups (broad SMARTS) is 1. The second kappa shape index (κ2) is 9.77. The number of carbonyl (C=O) groups is 2. The third kappa shape index (κ3) is 4.87. The first-order valence-electron chi connectivity index (χ1n) is 10.9. The molecule has 0 saturated carbocycles. The maximum absolute atomic E-state index is 14.6. The fourth-order valence-electron chi connectivity index (χ4n) is 4.22. The standard InChI is InChI=1S/C27H24ClFN2O3/c1-16-6-8-18(9-7-16)24-15-23(30-31(24)27(34)22(29)14-25(32)33)21-5-3-4-17(2)26(21)19-10-12-20(28)13-11-19/h3-13,22,24H,14-15H2,1-2H3,(H,32,33)/t22?,24-/m1/s1. The largest absolute Gasteiger partial charge is 0.481 e. The molecular weight excluding hydrogens is 455 g/mol. The summed E-state index contributed by atoms with van der Waals surface area (Å²) in [5.74, 6) is -2.33. The summed E-state index contributed by atoms with van der Waals surface area (Å²) in [5, 5.41) is 15.3. The number of hydrogen-bond acceptors (Lipinski definition) is 3. The van der Waals surface area contributed by atoms with Crippen LogP contribution in [0.4, 0.5) is 4.39 Å². The van der Waals surface area contributed by atoms with E-state index in [2.05, 4.69) is 5.10 Å². The average Bonchev–Trinajstić information content (AvgIpc) is 3.24.